The Morgan fingerprint density at radius 1 is 1.06 bits per heavy atom. The Bertz CT molecular complexity index is 707. The molecule has 4 heteroatoms. The molecule has 0 radical (unpaired) electrons. The molecule has 1 atom stereocenters. The number of fused-ring (bicyclic) bond motifs is 1. The van der Waals surface area contributed by atoms with Crippen LogP contribution < -0.4 is 0 Å². The zero-order valence-electron chi connectivity index (χ0n) is 9.51. The maximum absolute atomic E-state index is 12.1. The van der Waals surface area contributed by atoms with Gasteiger partial charge in [0.05, 0.1) is 10.6 Å². The first-order valence-electron chi connectivity index (χ1n) is 5.65. The highest BCUT2D eigenvalue weighted by Crippen LogP contribution is 2.39. The van der Waals surface area contributed by atoms with Crippen LogP contribution in [0.1, 0.15) is 17.0 Å². The van der Waals surface area contributed by atoms with Crippen molar-refractivity contribution in [3.63, 3.8) is 0 Å². The predicted molar refractivity (Wildman–Crippen MR) is 71.8 cm³/mol. The van der Waals surface area contributed by atoms with Gasteiger partial charge in [0.15, 0.2) is 9.84 Å². The van der Waals surface area contributed by atoms with Gasteiger partial charge in [-0.3, -0.25) is 0 Å². The largest absolute Gasteiger partial charge is 0.224 e. The lowest BCUT2D eigenvalue weighted by atomic mass is 9.93. The molecular weight excluding hydrogens is 268 g/mol. The van der Waals surface area contributed by atoms with E-state index in [-0.39, 0.29) is 11.7 Å². The molecule has 0 fully saturated rings. The Labute approximate surface area is 111 Å². The van der Waals surface area contributed by atoms with Crippen molar-refractivity contribution in [1.29, 1.82) is 0 Å². The van der Waals surface area contributed by atoms with Crippen LogP contribution in [0.25, 0.3) is 0 Å². The van der Waals surface area contributed by atoms with Crippen molar-refractivity contribution in [3.05, 3.63) is 64.7 Å². The molecule has 0 saturated heterocycles. The summed E-state index contributed by atoms with van der Waals surface area (Å²) in [4.78, 5) is 0.454. The van der Waals surface area contributed by atoms with Crippen LogP contribution >= 0.6 is 11.6 Å². The third kappa shape index (κ3) is 1.84. The van der Waals surface area contributed by atoms with Gasteiger partial charge in [-0.1, -0.05) is 41.9 Å². The van der Waals surface area contributed by atoms with Gasteiger partial charge in [-0.15, -0.1) is 0 Å². The second-order valence-electron chi connectivity index (χ2n) is 4.43. The molecule has 1 aliphatic heterocycles. The van der Waals surface area contributed by atoms with Gasteiger partial charge in [0.2, 0.25) is 0 Å². The first-order valence-corrected chi connectivity index (χ1v) is 7.68. The van der Waals surface area contributed by atoms with Gasteiger partial charge < -0.3 is 0 Å². The Kier molecular flexibility index (Phi) is 2.68. The Balaban J connectivity index is 2.18. The van der Waals surface area contributed by atoms with Crippen molar-refractivity contribution in [3.8, 4) is 0 Å². The SMILES string of the molecule is O=S1(=O)CC(c2cccc(Cl)c2)c2ccccc21. The fourth-order valence-electron chi connectivity index (χ4n) is 2.45. The van der Waals surface area contributed by atoms with Crippen LogP contribution in [-0.2, 0) is 9.84 Å². The first kappa shape index (κ1) is 11.8. The van der Waals surface area contributed by atoms with Gasteiger partial charge >= 0.3 is 0 Å². The van der Waals surface area contributed by atoms with Crippen LogP contribution in [0, 0.1) is 0 Å². The summed E-state index contributed by atoms with van der Waals surface area (Å²) in [7, 11) is -3.16. The van der Waals surface area contributed by atoms with Gasteiger partial charge in [0.1, 0.15) is 0 Å². The van der Waals surface area contributed by atoms with Crippen LogP contribution in [0.3, 0.4) is 0 Å². The highest BCUT2D eigenvalue weighted by Gasteiger charge is 2.35. The molecule has 2 nitrogen and oxygen atoms in total. The minimum atomic E-state index is -3.16. The molecule has 2 aromatic rings. The topological polar surface area (TPSA) is 34.1 Å². The second kappa shape index (κ2) is 4.11. The summed E-state index contributed by atoms with van der Waals surface area (Å²) in [6.45, 7) is 0. The van der Waals surface area contributed by atoms with E-state index in [1.54, 1.807) is 18.2 Å². The zero-order chi connectivity index (χ0) is 12.8. The number of benzene rings is 2. The highest BCUT2D eigenvalue weighted by atomic mass is 35.5. The van der Waals surface area contributed by atoms with Gasteiger partial charge in [-0.25, -0.2) is 8.42 Å². The molecular formula is C14H11ClO2S. The molecule has 1 aliphatic rings. The monoisotopic (exact) mass is 278 g/mol. The van der Waals surface area contributed by atoms with E-state index in [9.17, 15) is 8.42 Å². The fraction of sp³-hybridized carbons (Fsp3) is 0.143. The van der Waals surface area contributed by atoms with Crippen molar-refractivity contribution in [2.75, 3.05) is 5.75 Å². The normalized spacial score (nSPS) is 20.6. The molecule has 92 valence electrons. The number of hydrogen-bond donors (Lipinski definition) is 0. The second-order valence-corrected chi connectivity index (χ2v) is 6.87. The molecule has 0 saturated carbocycles. The average molecular weight is 279 g/mol. The van der Waals surface area contributed by atoms with E-state index in [1.807, 2.05) is 30.3 Å². The summed E-state index contributed by atoms with van der Waals surface area (Å²) in [5, 5.41) is 0.634. The quantitative estimate of drug-likeness (QED) is 0.802. The first-order chi connectivity index (χ1) is 8.58. The average Bonchev–Trinajstić information content (AvgIpc) is 2.63. The summed E-state index contributed by atoms with van der Waals surface area (Å²) >= 11 is 5.97. The van der Waals surface area contributed by atoms with Crippen LogP contribution in [0.5, 0.6) is 0 Å². The van der Waals surface area contributed by atoms with Crippen molar-refractivity contribution in [2.24, 2.45) is 0 Å². The summed E-state index contributed by atoms with van der Waals surface area (Å²) in [5.74, 6) is 0.0251. The van der Waals surface area contributed by atoms with Crippen molar-refractivity contribution >= 4 is 21.4 Å². The molecule has 0 aromatic heterocycles. The minimum Gasteiger partial charge on any atom is -0.224 e. The lowest BCUT2D eigenvalue weighted by Gasteiger charge is -2.10. The third-order valence-corrected chi connectivity index (χ3v) is 5.32. The predicted octanol–water partition coefficient (Wildman–Crippen LogP) is 3.26. The maximum atomic E-state index is 12.1. The number of rotatable bonds is 1. The van der Waals surface area contributed by atoms with Gasteiger partial charge in [0, 0.05) is 10.9 Å². The van der Waals surface area contributed by atoms with Crippen LogP contribution in [-0.4, -0.2) is 14.2 Å². The molecule has 0 spiro atoms. The minimum absolute atomic E-state index is 0.107. The molecule has 3 rings (SSSR count). The van der Waals surface area contributed by atoms with Crippen LogP contribution in [0.15, 0.2) is 53.4 Å². The fourth-order valence-corrected chi connectivity index (χ4v) is 4.49. The van der Waals surface area contributed by atoms with E-state index in [1.165, 1.54) is 0 Å². The lowest BCUT2D eigenvalue weighted by Crippen LogP contribution is -2.04. The summed E-state index contributed by atoms with van der Waals surface area (Å²) < 4.78 is 24.2. The van der Waals surface area contributed by atoms with Crippen molar-refractivity contribution in [1.82, 2.24) is 0 Å². The summed E-state index contributed by atoms with van der Waals surface area (Å²) in [6.07, 6.45) is 0. The van der Waals surface area contributed by atoms with Crippen molar-refractivity contribution < 1.29 is 8.42 Å². The third-order valence-electron chi connectivity index (χ3n) is 3.27. The number of sulfone groups is 1. The van der Waals surface area contributed by atoms with Crippen molar-refractivity contribution in [2.45, 2.75) is 10.8 Å². The molecule has 2 aromatic carbocycles. The summed E-state index contributed by atoms with van der Waals surface area (Å²) in [5.41, 5.74) is 1.83. The van der Waals surface area contributed by atoms with Crippen LogP contribution in [0.4, 0.5) is 0 Å². The van der Waals surface area contributed by atoms with E-state index >= 15 is 0 Å². The van der Waals surface area contributed by atoms with Gasteiger partial charge in [-0.2, -0.15) is 0 Å². The molecule has 0 N–H and O–H groups in total. The molecule has 1 unspecified atom stereocenters. The molecule has 0 bridgehead atoms. The standard InChI is InChI=1S/C14H11ClO2S/c15-11-5-3-4-10(8-11)13-9-18(16,17)14-7-2-1-6-12(13)14/h1-8,13H,9H2. The Hall–Kier alpha value is -1.32. The van der Waals surface area contributed by atoms with Gasteiger partial charge in [0.25, 0.3) is 0 Å². The lowest BCUT2D eigenvalue weighted by molar-refractivity contribution is 0.599. The smallest absolute Gasteiger partial charge is 0.179 e. The van der Waals surface area contributed by atoms with E-state index in [0.29, 0.717) is 9.92 Å². The Morgan fingerprint density at radius 3 is 2.61 bits per heavy atom. The van der Waals surface area contributed by atoms with Gasteiger partial charge in [-0.05, 0) is 29.3 Å². The van der Waals surface area contributed by atoms with E-state index in [4.69, 9.17) is 11.6 Å². The van der Waals surface area contributed by atoms with E-state index in [0.717, 1.165) is 11.1 Å². The molecule has 0 aliphatic carbocycles. The molecule has 18 heavy (non-hydrogen) atoms. The van der Waals surface area contributed by atoms with E-state index in [2.05, 4.69) is 0 Å². The summed E-state index contributed by atoms with van der Waals surface area (Å²) in [6, 6.07) is 14.6. The number of hydrogen-bond acceptors (Lipinski definition) is 2. The molecule has 1 heterocycles. The Morgan fingerprint density at radius 2 is 1.83 bits per heavy atom. The van der Waals surface area contributed by atoms with E-state index < -0.39 is 9.84 Å². The van der Waals surface area contributed by atoms with Crippen LogP contribution in [0.2, 0.25) is 5.02 Å². The molecule has 0 amide bonds. The maximum Gasteiger partial charge on any atom is 0.179 e. The number of halogens is 1. The zero-order valence-corrected chi connectivity index (χ0v) is 11.1. The highest BCUT2D eigenvalue weighted by molar-refractivity contribution is 7.91.